The molecular weight excluding hydrogens is 720 g/mol. The first kappa shape index (κ1) is 37.6. The summed E-state index contributed by atoms with van der Waals surface area (Å²) in [7, 11) is -0.844. The van der Waals surface area contributed by atoms with Crippen LogP contribution in [0.15, 0.2) is 91.0 Å². The molecule has 4 aromatic carbocycles. The van der Waals surface area contributed by atoms with E-state index < -0.39 is 19.8 Å². The number of aliphatic hydroxyl groups excluding tert-OH is 1. The Morgan fingerprint density at radius 2 is 1.74 bits per heavy atom. The van der Waals surface area contributed by atoms with E-state index in [0.717, 1.165) is 24.2 Å². The van der Waals surface area contributed by atoms with Gasteiger partial charge in [0.2, 0.25) is 5.91 Å². The van der Waals surface area contributed by atoms with Gasteiger partial charge in [-0.15, -0.1) is 0 Å². The molecule has 5 atom stereocenters. The molecule has 4 aromatic rings. The number of likely N-dealkylation sites (tertiary alicyclic amines) is 1. The van der Waals surface area contributed by atoms with Crippen molar-refractivity contribution in [1.82, 2.24) is 4.90 Å². The molecule has 3 aliphatic heterocycles. The standard InChI is InChI=1S/C42H47ClN4O6Si/c1-26-39(54(3,4)34-18-16-33(52-2)17-19-34)37(23-38(49)46-21-5-6-32(46)25-48)53-42(26)35-22-29(43)11-20-36(35)47(41(42)51)24-27-7-14-31(15-8-27)45-40(50)28-9-12-30(44)13-10-28/h7-20,22,26,32,37,39,48H,5-6,21,23-25,44H2,1-4H3,(H,45,50)/t26-,32+,37+,39-,42+/m1/s1. The lowest BCUT2D eigenvalue weighted by Crippen LogP contribution is -2.52. The largest absolute Gasteiger partial charge is 0.497 e. The Balaban J connectivity index is 1.21. The normalized spacial score (nSPS) is 23.6. The van der Waals surface area contributed by atoms with Crippen LogP contribution in [0.4, 0.5) is 17.1 Å². The smallest absolute Gasteiger partial charge is 0.264 e. The van der Waals surface area contributed by atoms with E-state index in [4.69, 9.17) is 26.8 Å². The monoisotopic (exact) mass is 766 g/mol. The Hall–Kier alpha value is -4.68. The summed E-state index contributed by atoms with van der Waals surface area (Å²) in [6.07, 6.45) is 1.15. The molecule has 1 spiro atoms. The van der Waals surface area contributed by atoms with E-state index in [2.05, 4.69) is 37.5 Å². The highest BCUT2D eigenvalue weighted by Gasteiger charge is 2.66. The number of carbonyl (C=O) groups is 3. The van der Waals surface area contributed by atoms with Crippen molar-refractivity contribution in [3.05, 3.63) is 113 Å². The number of ether oxygens (including phenoxy) is 2. The molecule has 3 amide bonds. The maximum absolute atomic E-state index is 15.1. The number of anilines is 3. The minimum absolute atomic E-state index is 0.0671. The number of rotatable bonds is 10. The Morgan fingerprint density at radius 1 is 1.04 bits per heavy atom. The second-order valence-corrected chi connectivity index (χ2v) is 20.4. The third-order valence-electron chi connectivity index (χ3n) is 11.8. The summed E-state index contributed by atoms with van der Waals surface area (Å²) >= 11 is 6.68. The first-order valence-corrected chi connectivity index (χ1v) is 21.9. The van der Waals surface area contributed by atoms with Crippen molar-refractivity contribution in [2.24, 2.45) is 5.92 Å². The average molecular weight is 767 g/mol. The van der Waals surface area contributed by atoms with E-state index in [1.165, 1.54) is 5.19 Å². The zero-order chi connectivity index (χ0) is 38.4. The summed E-state index contributed by atoms with van der Waals surface area (Å²) in [4.78, 5) is 45.5. The van der Waals surface area contributed by atoms with Crippen LogP contribution in [-0.4, -0.2) is 68.2 Å². The molecule has 0 bridgehead atoms. The quantitative estimate of drug-likeness (QED) is 0.127. The molecule has 282 valence electrons. The predicted octanol–water partition coefficient (Wildman–Crippen LogP) is 6.32. The Kier molecular flexibility index (Phi) is 10.4. The highest BCUT2D eigenvalue weighted by atomic mass is 35.5. The van der Waals surface area contributed by atoms with Crippen molar-refractivity contribution in [2.45, 2.75) is 69.1 Å². The van der Waals surface area contributed by atoms with Crippen molar-refractivity contribution in [2.75, 3.05) is 36.2 Å². The Morgan fingerprint density at radius 3 is 2.41 bits per heavy atom. The minimum atomic E-state index is -2.49. The minimum Gasteiger partial charge on any atom is -0.497 e. The van der Waals surface area contributed by atoms with E-state index in [0.29, 0.717) is 39.8 Å². The van der Waals surface area contributed by atoms with Crippen molar-refractivity contribution in [1.29, 1.82) is 0 Å². The zero-order valence-corrected chi connectivity index (χ0v) is 32.8. The van der Waals surface area contributed by atoms with Crippen LogP contribution in [0, 0.1) is 5.92 Å². The molecule has 7 rings (SSSR count). The fraction of sp³-hybridized carbons (Fsp3) is 0.357. The van der Waals surface area contributed by atoms with Gasteiger partial charge in [0.1, 0.15) is 5.75 Å². The molecule has 12 heteroatoms. The van der Waals surface area contributed by atoms with Crippen LogP contribution in [0.3, 0.4) is 0 Å². The van der Waals surface area contributed by atoms with E-state index >= 15 is 4.79 Å². The number of nitrogens with zero attached hydrogens (tertiary/aromatic N) is 2. The molecule has 0 saturated carbocycles. The van der Waals surface area contributed by atoms with Crippen LogP contribution in [-0.2, 0) is 26.5 Å². The van der Waals surface area contributed by atoms with Gasteiger partial charge in [0.25, 0.3) is 11.8 Å². The summed E-state index contributed by atoms with van der Waals surface area (Å²) in [5.74, 6) is -0.0665. The fourth-order valence-electron chi connectivity index (χ4n) is 9.00. The maximum Gasteiger partial charge on any atom is 0.264 e. The highest BCUT2D eigenvalue weighted by molar-refractivity contribution is 6.91. The molecule has 3 aliphatic rings. The lowest BCUT2D eigenvalue weighted by atomic mass is 9.82. The van der Waals surface area contributed by atoms with Crippen LogP contribution in [0.2, 0.25) is 23.7 Å². The van der Waals surface area contributed by atoms with Crippen molar-refractivity contribution in [3.8, 4) is 5.75 Å². The van der Waals surface area contributed by atoms with Gasteiger partial charge in [-0.3, -0.25) is 14.4 Å². The molecule has 0 aromatic heterocycles. The lowest BCUT2D eigenvalue weighted by Gasteiger charge is -2.37. The highest BCUT2D eigenvalue weighted by Crippen LogP contribution is 2.60. The number of halogens is 1. The van der Waals surface area contributed by atoms with Gasteiger partial charge in [-0.1, -0.05) is 61.1 Å². The number of fused-ring (bicyclic) bond motifs is 2. The number of hydrogen-bond acceptors (Lipinski definition) is 7. The molecule has 3 heterocycles. The SMILES string of the molecule is COc1ccc([Si](C)(C)[C@H]2[C@H](CC(=O)N3CCC[C@H]3CO)O[C@@]3(C(=O)N(Cc4ccc(NC(=O)c5ccc(N)cc5)cc4)c4ccc(Cl)cc43)[C@@H]2C)cc1. The molecule has 2 saturated heterocycles. The summed E-state index contributed by atoms with van der Waals surface area (Å²) in [5.41, 5.74) is 8.23. The number of hydrogen-bond donors (Lipinski definition) is 3. The van der Waals surface area contributed by atoms with E-state index in [9.17, 15) is 14.7 Å². The molecule has 54 heavy (non-hydrogen) atoms. The van der Waals surface area contributed by atoms with Crippen molar-refractivity contribution in [3.63, 3.8) is 0 Å². The number of nitrogens with one attached hydrogen (secondary N) is 1. The Labute approximate surface area is 322 Å². The van der Waals surface area contributed by atoms with Gasteiger partial charge in [0.15, 0.2) is 5.60 Å². The first-order valence-electron chi connectivity index (χ1n) is 18.5. The van der Waals surface area contributed by atoms with Crippen LogP contribution in [0.5, 0.6) is 5.75 Å². The van der Waals surface area contributed by atoms with Gasteiger partial charge in [-0.2, -0.15) is 0 Å². The number of nitrogens with two attached hydrogens (primary N) is 1. The molecule has 0 radical (unpaired) electrons. The summed E-state index contributed by atoms with van der Waals surface area (Å²) in [6.45, 7) is 7.43. The van der Waals surface area contributed by atoms with Gasteiger partial charge in [0, 0.05) is 40.0 Å². The lowest BCUT2D eigenvalue weighted by molar-refractivity contribution is -0.150. The van der Waals surface area contributed by atoms with Gasteiger partial charge >= 0.3 is 0 Å². The number of amides is 3. The number of benzene rings is 4. The molecule has 0 aliphatic carbocycles. The molecule has 0 unspecified atom stereocenters. The Bertz CT molecular complexity index is 2040. The van der Waals surface area contributed by atoms with Gasteiger partial charge in [-0.25, -0.2) is 0 Å². The van der Waals surface area contributed by atoms with E-state index in [-0.39, 0.29) is 54.8 Å². The van der Waals surface area contributed by atoms with Crippen LogP contribution in [0.25, 0.3) is 0 Å². The van der Waals surface area contributed by atoms with Gasteiger partial charge < -0.3 is 35.4 Å². The average Bonchev–Trinajstić information content (AvgIpc) is 3.83. The first-order chi connectivity index (χ1) is 25.9. The van der Waals surface area contributed by atoms with Crippen LogP contribution >= 0.6 is 11.6 Å². The van der Waals surface area contributed by atoms with E-state index in [1.807, 2.05) is 48.5 Å². The molecule has 10 nitrogen and oxygen atoms in total. The van der Waals surface area contributed by atoms with Gasteiger partial charge in [-0.05, 0) is 90.7 Å². The fourth-order valence-corrected chi connectivity index (χ4v) is 13.2. The predicted molar refractivity (Wildman–Crippen MR) is 214 cm³/mol. The van der Waals surface area contributed by atoms with E-state index in [1.54, 1.807) is 47.2 Å². The number of aliphatic hydroxyl groups is 1. The topological polar surface area (TPSA) is 134 Å². The maximum atomic E-state index is 15.1. The summed E-state index contributed by atoms with van der Waals surface area (Å²) in [5, 5.41) is 14.6. The van der Waals surface area contributed by atoms with Crippen LogP contribution < -0.4 is 25.9 Å². The second kappa shape index (κ2) is 14.9. The third-order valence-corrected chi connectivity index (χ3v) is 16.4. The van der Waals surface area contributed by atoms with Crippen LogP contribution in [0.1, 0.15) is 47.7 Å². The zero-order valence-electron chi connectivity index (χ0n) is 31.1. The van der Waals surface area contributed by atoms with Gasteiger partial charge in [0.05, 0.1) is 52.6 Å². The number of nitrogen functional groups attached to an aromatic ring is 1. The third kappa shape index (κ3) is 6.67. The van der Waals surface area contributed by atoms with Crippen molar-refractivity contribution >= 4 is 59.6 Å². The molecule has 2 fully saturated rings. The number of methoxy groups -OCH3 is 1. The molecular formula is C42H47ClN4O6Si. The number of carbonyl (C=O) groups excluding carboxylic acids is 3. The summed E-state index contributed by atoms with van der Waals surface area (Å²) < 4.78 is 12.6. The van der Waals surface area contributed by atoms with Crippen molar-refractivity contribution < 1.29 is 29.0 Å². The molecule has 4 N–H and O–H groups in total. The summed E-state index contributed by atoms with van der Waals surface area (Å²) in [6, 6.07) is 27.5. The second-order valence-electron chi connectivity index (χ2n) is 15.3.